The van der Waals surface area contributed by atoms with Crippen LogP contribution in [0.5, 0.6) is 0 Å². The zero-order valence-corrected chi connectivity index (χ0v) is 17.2. The van der Waals surface area contributed by atoms with Crippen molar-refractivity contribution < 1.29 is 9.59 Å². The summed E-state index contributed by atoms with van der Waals surface area (Å²) in [6, 6.07) is 14.0. The molecule has 6 heteroatoms. The highest BCUT2D eigenvalue weighted by molar-refractivity contribution is 6.45. The van der Waals surface area contributed by atoms with Crippen molar-refractivity contribution in [1.29, 1.82) is 0 Å². The van der Waals surface area contributed by atoms with Crippen LogP contribution in [0.2, 0.25) is 0 Å². The number of carbonyl (C=O) groups is 2. The predicted octanol–water partition coefficient (Wildman–Crippen LogP) is 3.22. The summed E-state index contributed by atoms with van der Waals surface area (Å²) in [6.07, 6.45) is 6.25. The molecule has 2 aliphatic heterocycles. The van der Waals surface area contributed by atoms with Crippen LogP contribution in [-0.2, 0) is 29.6 Å². The van der Waals surface area contributed by atoms with Crippen molar-refractivity contribution >= 4 is 44.9 Å². The molecule has 4 heterocycles. The number of carbonyl (C=O) groups excluding carboxylic acids is 2. The van der Waals surface area contributed by atoms with Crippen LogP contribution in [0.15, 0.2) is 60.9 Å². The Morgan fingerprint density at radius 2 is 1.84 bits per heavy atom. The Hall–Kier alpha value is -3.64. The van der Waals surface area contributed by atoms with Crippen molar-refractivity contribution in [2.24, 2.45) is 18.7 Å². The Kier molecular flexibility index (Phi) is 3.76. The second-order valence-electron chi connectivity index (χ2n) is 8.49. The van der Waals surface area contributed by atoms with Gasteiger partial charge in [0, 0.05) is 53.9 Å². The maximum Gasteiger partial charge on any atom is 0.266 e. The van der Waals surface area contributed by atoms with Gasteiger partial charge in [-0.1, -0.05) is 36.4 Å². The van der Waals surface area contributed by atoms with Crippen LogP contribution in [-0.4, -0.2) is 27.5 Å². The lowest BCUT2D eigenvalue weighted by molar-refractivity contribution is -0.119. The van der Waals surface area contributed by atoms with Crippen molar-refractivity contribution in [2.45, 2.75) is 13.0 Å². The number of hydrogen-bond donors (Lipinski definition) is 1. The van der Waals surface area contributed by atoms with Gasteiger partial charge in [0.25, 0.3) is 11.8 Å². The number of amides is 2. The molecule has 2 aromatic carbocycles. The van der Waals surface area contributed by atoms with Gasteiger partial charge in [0.05, 0.1) is 16.8 Å². The molecule has 0 spiro atoms. The molecule has 31 heavy (non-hydrogen) atoms. The molecule has 0 aliphatic carbocycles. The fourth-order valence-electron chi connectivity index (χ4n) is 5.17. The summed E-state index contributed by atoms with van der Waals surface area (Å²) in [4.78, 5) is 27.9. The Morgan fingerprint density at radius 1 is 1.03 bits per heavy atom. The molecule has 2 aliphatic rings. The predicted molar refractivity (Wildman–Crippen MR) is 122 cm³/mol. The van der Waals surface area contributed by atoms with Crippen LogP contribution in [0, 0.1) is 5.92 Å². The topological polar surface area (TPSA) is 73.3 Å². The zero-order valence-electron chi connectivity index (χ0n) is 17.2. The van der Waals surface area contributed by atoms with E-state index in [9.17, 15) is 9.59 Å². The average Bonchev–Trinajstić information content (AvgIpc) is 3.40. The number of nitrogens with two attached hydrogens (primary N) is 1. The minimum Gasteiger partial charge on any atom is -0.350 e. The third kappa shape index (κ3) is 2.48. The van der Waals surface area contributed by atoms with Crippen molar-refractivity contribution in [3.8, 4) is 0 Å². The molecule has 1 unspecified atom stereocenters. The maximum absolute atomic E-state index is 13.5. The van der Waals surface area contributed by atoms with Crippen LogP contribution >= 0.6 is 0 Å². The largest absolute Gasteiger partial charge is 0.350 e. The van der Waals surface area contributed by atoms with Gasteiger partial charge in [-0.3, -0.25) is 9.59 Å². The minimum atomic E-state index is -0.299. The number of hydrogen-bond acceptors (Lipinski definition) is 3. The Labute approximate surface area is 179 Å². The zero-order chi connectivity index (χ0) is 21.3. The normalized spacial score (nSPS) is 18.5. The van der Waals surface area contributed by atoms with Gasteiger partial charge in [-0.15, -0.1) is 0 Å². The lowest BCUT2D eigenvalue weighted by Crippen LogP contribution is -2.30. The molecule has 2 amide bonds. The number of fused-ring (bicyclic) bond motifs is 1. The third-order valence-electron chi connectivity index (χ3n) is 6.61. The number of rotatable bonds is 3. The van der Waals surface area contributed by atoms with E-state index in [4.69, 9.17) is 5.73 Å². The number of para-hydroxylation sites is 2. The van der Waals surface area contributed by atoms with E-state index in [1.54, 1.807) is 0 Å². The first-order valence-corrected chi connectivity index (χ1v) is 10.5. The third-order valence-corrected chi connectivity index (χ3v) is 6.61. The van der Waals surface area contributed by atoms with Gasteiger partial charge in [-0.05, 0) is 30.5 Å². The highest BCUT2D eigenvalue weighted by atomic mass is 16.2. The molecule has 0 bridgehead atoms. The van der Waals surface area contributed by atoms with E-state index in [2.05, 4.69) is 10.6 Å². The van der Waals surface area contributed by atoms with Gasteiger partial charge in [0.1, 0.15) is 0 Å². The molecule has 154 valence electrons. The molecule has 2 aromatic heterocycles. The SMILES string of the molecule is Cn1cc(C2=CC(=O)N(c3cn4c5c(cccc35)CC(CN)C4)C2=O)c2ccccc21. The van der Waals surface area contributed by atoms with E-state index in [1.807, 2.05) is 60.4 Å². The lowest BCUT2D eigenvalue weighted by atomic mass is 9.94. The van der Waals surface area contributed by atoms with Crippen LogP contribution in [0.3, 0.4) is 0 Å². The van der Waals surface area contributed by atoms with E-state index in [0.29, 0.717) is 23.7 Å². The van der Waals surface area contributed by atoms with Crippen LogP contribution < -0.4 is 10.6 Å². The van der Waals surface area contributed by atoms with E-state index in [0.717, 1.165) is 40.3 Å². The molecule has 6 nitrogen and oxygen atoms in total. The molecular weight excluding hydrogens is 388 g/mol. The van der Waals surface area contributed by atoms with Gasteiger partial charge >= 0.3 is 0 Å². The van der Waals surface area contributed by atoms with Crippen molar-refractivity contribution in [1.82, 2.24) is 9.13 Å². The minimum absolute atomic E-state index is 0.277. The molecule has 6 rings (SSSR count). The van der Waals surface area contributed by atoms with E-state index >= 15 is 0 Å². The molecule has 1 atom stereocenters. The summed E-state index contributed by atoms with van der Waals surface area (Å²) >= 11 is 0. The summed E-state index contributed by atoms with van der Waals surface area (Å²) in [5, 5.41) is 1.90. The number of aromatic nitrogens is 2. The molecule has 2 N–H and O–H groups in total. The molecule has 0 saturated heterocycles. The monoisotopic (exact) mass is 410 g/mol. The molecule has 0 fully saturated rings. The summed E-state index contributed by atoms with van der Waals surface area (Å²) in [6.45, 7) is 1.40. The number of imide groups is 1. The molecular formula is C25H22N4O2. The number of anilines is 1. The van der Waals surface area contributed by atoms with Gasteiger partial charge in [-0.25, -0.2) is 4.90 Å². The van der Waals surface area contributed by atoms with E-state index in [1.165, 1.54) is 16.5 Å². The quantitative estimate of drug-likeness (QED) is 0.527. The second-order valence-corrected chi connectivity index (χ2v) is 8.49. The van der Waals surface area contributed by atoms with Gasteiger partial charge < -0.3 is 14.9 Å². The van der Waals surface area contributed by atoms with Crippen LogP contribution in [0.4, 0.5) is 5.69 Å². The van der Waals surface area contributed by atoms with Crippen LogP contribution in [0.25, 0.3) is 27.4 Å². The van der Waals surface area contributed by atoms with E-state index < -0.39 is 0 Å². The first kappa shape index (κ1) is 18.2. The van der Waals surface area contributed by atoms with Crippen LogP contribution in [0.1, 0.15) is 11.1 Å². The highest BCUT2D eigenvalue weighted by Crippen LogP contribution is 2.39. The summed E-state index contributed by atoms with van der Waals surface area (Å²) in [7, 11) is 1.95. The van der Waals surface area contributed by atoms with Crippen molar-refractivity contribution in [3.05, 3.63) is 72.1 Å². The first-order chi connectivity index (χ1) is 15.1. The van der Waals surface area contributed by atoms with Gasteiger partial charge in [0.15, 0.2) is 0 Å². The Bertz CT molecular complexity index is 1440. The fraction of sp³-hybridized carbons (Fsp3) is 0.200. The summed E-state index contributed by atoms with van der Waals surface area (Å²) in [5.74, 6) is -0.222. The Balaban J connectivity index is 1.47. The first-order valence-electron chi connectivity index (χ1n) is 10.5. The Morgan fingerprint density at radius 3 is 2.68 bits per heavy atom. The van der Waals surface area contributed by atoms with Gasteiger partial charge in [-0.2, -0.15) is 0 Å². The molecule has 0 radical (unpaired) electrons. The van der Waals surface area contributed by atoms with E-state index in [-0.39, 0.29) is 11.8 Å². The average molecular weight is 410 g/mol. The standard InChI is InChI=1S/C25H22N4O2/c1-27-13-20(17-6-2-3-8-21(17)27)19-10-23(30)29(25(19)31)22-14-28-12-15(11-26)9-16-5-4-7-18(22)24(16)28/h2-8,10,13-15H,9,11-12,26H2,1H3. The number of nitrogens with zero attached hydrogens (tertiary/aromatic N) is 3. The summed E-state index contributed by atoms with van der Waals surface area (Å²) < 4.78 is 4.14. The smallest absolute Gasteiger partial charge is 0.266 e. The maximum atomic E-state index is 13.5. The fourth-order valence-corrected chi connectivity index (χ4v) is 5.17. The molecule has 0 saturated carbocycles. The van der Waals surface area contributed by atoms with Crippen molar-refractivity contribution in [3.63, 3.8) is 0 Å². The summed E-state index contributed by atoms with van der Waals surface area (Å²) in [5.41, 5.74) is 11.2. The number of aryl methyl sites for hydroxylation is 1. The lowest BCUT2D eigenvalue weighted by Gasteiger charge is -2.23. The van der Waals surface area contributed by atoms with Crippen molar-refractivity contribution in [2.75, 3.05) is 11.4 Å². The second kappa shape index (κ2) is 6.43. The molecule has 4 aromatic rings. The van der Waals surface area contributed by atoms with Gasteiger partial charge in [0.2, 0.25) is 0 Å². The number of benzene rings is 2. The highest BCUT2D eigenvalue weighted by Gasteiger charge is 2.36.